The molecule has 0 bridgehead atoms. The van der Waals surface area contributed by atoms with Crippen molar-refractivity contribution in [3.05, 3.63) is 53.1 Å². The van der Waals surface area contributed by atoms with Gasteiger partial charge in [0.15, 0.2) is 0 Å². The largest absolute Gasteiger partial charge is 0.494 e. The van der Waals surface area contributed by atoms with Crippen molar-refractivity contribution in [2.75, 3.05) is 23.8 Å². The molecule has 23 heavy (non-hydrogen) atoms. The van der Waals surface area contributed by atoms with E-state index in [1.807, 2.05) is 44.2 Å². The Morgan fingerprint density at radius 3 is 2.61 bits per heavy atom. The second-order valence-corrected chi connectivity index (χ2v) is 5.58. The van der Waals surface area contributed by atoms with Crippen molar-refractivity contribution >= 4 is 28.9 Å². The van der Waals surface area contributed by atoms with Crippen LogP contribution in [0.1, 0.15) is 18.9 Å². The first kappa shape index (κ1) is 17.2. The number of rotatable bonds is 7. The summed E-state index contributed by atoms with van der Waals surface area (Å²) in [7, 11) is 0. The molecule has 122 valence electrons. The second kappa shape index (κ2) is 8.44. The maximum Gasteiger partial charge on any atom is 0.226 e. The number of halogens is 1. The molecule has 0 aliphatic rings. The lowest BCUT2D eigenvalue weighted by Gasteiger charge is -2.10. The smallest absolute Gasteiger partial charge is 0.226 e. The van der Waals surface area contributed by atoms with E-state index in [4.69, 9.17) is 16.3 Å². The van der Waals surface area contributed by atoms with Crippen LogP contribution < -0.4 is 15.4 Å². The number of nitrogens with one attached hydrogen (secondary N) is 2. The van der Waals surface area contributed by atoms with Crippen LogP contribution in [0.4, 0.5) is 11.4 Å². The predicted molar refractivity (Wildman–Crippen MR) is 95.5 cm³/mol. The molecule has 0 aromatic heterocycles. The normalized spacial score (nSPS) is 10.2. The van der Waals surface area contributed by atoms with Crippen LogP contribution in [0.5, 0.6) is 5.75 Å². The highest BCUT2D eigenvalue weighted by Gasteiger charge is 2.05. The average Bonchev–Trinajstić information content (AvgIpc) is 2.53. The summed E-state index contributed by atoms with van der Waals surface area (Å²) in [6.45, 7) is 5.09. The Kier molecular flexibility index (Phi) is 6.29. The Bertz CT molecular complexity index is 657. The standard InChI is InChI=1S/C18H21ClN2O2/c1-3-23-16-8-6-15(7-9-16)20-11-10-18(22)21-17-12-14(19)5-4-13(17)2/h4-9,12,20H,3,10-11H2,1-2H3,(H,21,22). The first-order chi connectivity index (χ1) is 11.1. The summed E-state index contributed by atoms with van der Waals surface area (Å²) in [5.41, 5.74) is 2.70. The molecule has 4 nitrogen and oxygen atoms in total. The fraction of sp³-hybridized carbons (Fsp3) is 0.278. The summed E-state index contributed by atoms with van der Waals surface area (Å²) in [4.78, 5) is 12.0. The molecule has 0 saturated heterocycles. The van der Waals surface area contributed by atoms with Crippen molar-refractivity contribution < 1.29 is 9.53 Å². The van der Waals surface area contributed by atoms with Gasteiger partial charge in [-0.3, -0.25) is 4.79 Å². The molecule has 0 fully saturated rings. The van der Waals surface area contributed by atoms with Crippen molar-refractivity contribution in [3.63, 3.8) is 0 Å². The zero-order valence-corrected chi connectivity index (χ0v) is 14.1. The summed E-state index contributed by atoms with van der Waals surface area (Å²) in [5.74, 6) is 0.793. The molecule has 0 atom stereocenters. The fourth-order valence-corrected chi connectivity index (χ4v) is 2.27. The number of carbonyl (C=O) groups excluding carboxylic acids is 1. The van der Waals surface area contributed by atoms with Crippen molar-refractivity contribution in [3.8, 4) is 5.75 Å². The Morgan fingerprint density at radius 2 is 1.91 bits per heavy atom. The summed E-state index contributed by atoms with van der Waals surface area (Å²) in [6, 6.07) is 13.1. The molecular formula is C18H21ClN2O2. The Hall–Kier alpha value is -2.20. The highest BCUT2D eigenvalue weighted by atomic mass is 35.5. The highest BCUT2D eigenvalue weighted by Crippen LogP contribution is 2.20. The maximum absolute atomic E-state index is 12.0. The first-order valence-corrected chi connectivity index (χ1v) is 7.99. The van der Waals surface area contributed by atoms with Gasteiger partial charge < -0.3 is 15.4 Å². The number of anilines is 2. The molecule has 0 spiro atoms. The van der Waals surface area contributed by atoms with E-state index >= 15 is 0 Å². The van der Waals surface area contributed by atoms with Gasteiger partial charge in [-0.2, -0.15) is 0 Å². The minimum absolute atomic E-state index is 0.0474. The van der Waals surface area contributed by atoms with Crippen LogP contribution in [0.15, 0.2) is 42.5 Å². The van der Waals surface area contributed by atoms with Crippen LogP contribution in [0.3, 0.4) is 0 Å². The first-order valence-electron chi connectivity index (χ1n) is 7.61. The average molecular weight is 333 g/mol. The van der Waals surface area contributed by atoms with Gasteiger partial charge in [-0.1, -0.05) is 17.7 Å². The van der Waals surface area contributed by atoms with E-state index in [0.29, 0.717) is 24.6 Å². The number of hydrogen-bond acceptors (Lipinski definition) is 3. The third-order valence-corrected chi connectivity index (χ3v) is 3.56. The van der Waals surface area contributed by atoms with Gasteiger partial charge in [-0.25, -0.2) is 0 Å². The monoisotopic (exact) mass is 332 g/mol. The van der Waals surface area contributed by atoms with Gasteiger partial charge in [0.05, 0.1) is 6.61 Å². The molecule has 1 amide bonds. The summed E-state index contributed by atoms with van der Waals surface area (Å²) in [5, 5.41) is 6.70. The third kappa shape index (κ3) is 5.49. The molecule has 0 aliphatic heterocycles. The number of amides is 1. The van der Waals surface area contributed by atoms with Crippen molar-refractivity contribution in [2.24, 2.45) is 0 Å². The van der Waals surface area contributed by atoms with Crippen molar-refractivity contribution in [1.82, 2.24) is 0 Å². The van der Waals surface area contributed by atoms with Crippen LogP contribution in [0, 0.1) is 6.92 Å². The Labute approximate surface area is 141 Å². The van der Waals surface area contributed by atoms with Crippen LogP contribution in [-0.2, 0) is 4.79 Å². The van der Waals surface area contributed by atoms with E-state index in [1.54, 1.807) is 12.1 Å². The Balaban J connectivity index is 1.79. The van der Waals surface area contributed by atoms with Gasteiger partial charge in [0, 0.05) is 29.4 Å². The minimum atomic E-state index is -0.0474. The SMILES string of the molecule is CCOc1ccc(NCCC(=O)Nc2cc(Cl)ccc2C)cc1. The highest BCUT2D eigenvalue weighted by molar-refractivity contribution is 6.31. The van der Waals surface area contributed by atoms with Crippen LogP contribution >= 0.6 is 11.6 Å². The quantitative estimate of drug-likeness (QED) is 0.785. The van der Waals surface area contributed by atoms with E-state index in [9.17, 15) is 4.79 Å². The lowest BCUT2D eigenvalue weighted by Crippen LogP contribution is -2.16. The molecule has 0 unspecified atom stereocenters. The number of carbonyl (C=O) groups is 1. The summed E-state index contributed by atoms with van der Waals surface area (Å²) in [6.07, 6.45) is 0.374. The zero-order valence-electron chi connectivity index (χ0n) is 13.4. The minimum Gasteiger partial charge on any atom is -0.494 e. The molecule has 2 N–H and O–H groups in total. The van der Waals surface area contributed by atoms with Gasteiger partial charge in [0.1, 0.15) is 5.75 Å². The van der Waals surface area contributed by atoms with Crippen molar-refractivity contribution in [2.45, 2.75) is 20.3 Å². The van der Waals surface area contributed by atoms with E-state index in [-0.39, 0.29) is 5.91 Å². The van der Waals surface area contributed by atoms with Gasteiger partial charge in [0.25, 0.3) is 0 Å². The molecule has 2 rings (SSSR count). The van der Waals surface area contributed by atoms with E-state index < -0.39 is 0 Å². The van der Waals surface area contributed by atoms with E-state index in [2.05, 4.69) is 10.6 Å². The molecule has 0 radical (unpaired) electrons. The zero-order chi connectivity index (χ0) is 16.7. The molecule has 0 heterocycles. The molecule has 0 aliphatic carbocycles. The molecule has 2 aromatic rings. The van der Waals surface area contributed by atoms with Crippen LogP contribution in [0.25, 0.3) is 0 Å². The van der Waals surface area contributed by atoms with E-state index in [0.717, 1.165) is 22.7 Å². The van der Waals surface area contributed by atoms with E-state index in [1.165, 1.54) is 0 Å². The number of aryl methyl sites for hydroxylation is 1. The number of benzene rings is 2. The van der Waals surface area contributed by atoms with Gasteiger partial charge in [-0.05, 0) is 55.8 Å². The molecular weight excluding hydrogens is 312 g/mol. The summed E-state index contributed by atoms with van der Waals surface area (Å²) < 4.78 is 5.39. The third-order valence-electron chi connectivity index (χ3n) is 3.32. The Morgan fingerprint density at radius 1 is 1.17 bits per heavy atom. The molecule has 2 aromatic carbocycles. The number of ether oxygens (including phenoxy) is 1. The van der Waals surface area contributed by atoms with Crippen molar-refractivity contribution in [1.29, 1.82) is 0 Å². The lowest BCUT2D eigenvalue weighted by atomic mass is 10.2. The topological polar surface area (TPSA) is 50.4 Å². The number of hydrogen-bond donors (Lipinski definition) is 2. The summed E-state index contributed by atoms with van der Waals surface area (Å²) >= 11 is 5.95. The van der Waals surface area contributed by atoms with Gasteiger partial charge >= 0.3 is 0 Å². The molecule has 5 heteroatoms. The van der Waals surface area contributed by atoms with Crippen LogP contribution in [0.2, 0.25) is 5.02 Å². The van der Waals surface area contributed by atoms with Gasteiger partial charge in [-0.15, -0.1) is 0 Å². The second-order valence-electron chi connectivity index (χ2n) is 5.14. The lowest BCUT2D eigenvalue weighted by molar-refractivity contribution is -0.115. The predicted octanol–water partition coefficient (Wildman–Crippen LogP) is 4.49. The van der Waals surface area contributed by atoms with Gasteiger partial charge in [0.2, 0.25) is 5.91 Å². The molecule has 0 saturated carbocycles. The van der Waals surface area contributed by atoms with Crippen LogP contribution in [-0.4, -0.2) is 19.1 Å². The maximum atomic E-state index is 12.0. The fourth-order valence-electron chi connectivity index (χ4n) is 2.10.